The van der Waals surface area contributed by atoms with E-state index in [0.717, 1.165) is 22.5 Å². The van der Waals surface area contributed by atoms with Gasteiger partial charge in [0.15, 0.2) is 0 Å². The Bertz CT molecular complexity index is 1730. The van der Waals surface area contributed by atoms with Crippen LogP contribution in [0.3, 0.4) is 0 Å². The van der Waals surface area contributed by atoms with Crippen LogP contribution in [0.4, 0.5) is 11.4 Å². The van der Waals surface area contributed by atoms with E-state index < -0.39 is 18.0 Å². The van der Waals surface area contributed by atoms with E-state index in [2.05, 4.69) is 0 Å². The maximum absolute atomic E-state index is 11.0. The zero-order valence-electron chi connectivity index (χ0n) is 25.0. The monoisotopic (exact) mass is 592 g/mol. The van der Waals surface area contributed by atoms with Crippen LogP contribution in [0, 0.1) is 0 Å². The molecule has 0 heterocycles. The number of aliphatic hydroxyl groups excluding tert-OH is 4. The molecule has 0 saturated carbocycles. The number of anilines is 2. The maximum atomic E-state index is 11.0. The molecule has 3 aromatic carbocycles. The van der Waals surface area contributed by atoms with Gasteiger partial charge in [-0.15, -0.1) is 0 Å². The van der Waals surface area contributed by atoms with Gasteiger partial charge in [0.1, 0.15) is 35.2 Å². The van der Waals surface area contributed by atoms with Gasteiger partial charge in [0.25, 0.3) is 0 Å². The second-order valence-corrected chi connectivity index (χ2v) is 11.2. The molecule has 3 aromatic rings. The van der Waals surface area contributed by atoms with Crippen molar-refractivity contribution in [2.45, 2.75) is 12.2 Å². The summed E-state index contributed by atoms with van der Waals surface area (Å²) < 4.78 is 0. The van der Waals surface area contributed by atoms with Gasteiger partial charge >= 0.3 is 0 Å². The molecule has 6 N–H and O–H groups in total. The molecule has 226 valence electrons. The molecule has 2 aliphatic carbocycles. The van der Waals surface area contributed by atoms with Gasteiger partial charge in [-0.2, -0.15) is 0 Å². The predicted molar refractivity (Wildman–Crippen MR) is 177 cm³/mol. The molecule has 0 aliphatic heterocycles. The molecule has 8 nitrogen and oxygen atoms in total. The lowest BCUT2D eigenvalue weighted by Gasteiger charge is -2.34. The molecule has 2 aliphatic rings. The van der Waals surface area contributed by atoms with Gasteiger partial charge in [0.05, 0.1) is 5.56 Å². The van der Waals surface area contributed by atoms with Crippen LogP contribution in [-0.4, -0.2) is 71.0 Å². The Labute approximate surface area is 256 Å². The summed E-state index contributed by atoms with van der Waals surface area (Å²) >= 11 is 0. The van der Waals surface area contributed by atoms with Crippen molar-refractivity contribution in [2.24, 2.45) is 0 Å². The molecular formula is C36H36N2O6. The molecule has 2 unspecified atom stereocenters. The fourth-order valence-corrected chi connectivity index (χ4v) is 5.26. The number of allylic oxidation sites excluding steroid dienone is 3. The molecule has 8 heteroatoms. The highest BCUT2D eigenvalue weighted by Crippen LogP contribution is 2.49. The number of phenolic OH excluding ortho intramolecular Hbond substituents is 2. The van der Waals surface area contributed by atoms with Crippen molar-refractivity contribution in [1.29, 1.82) is 0 Å². The van der Waals surface area contributed by atoms with Crippen LogP contribution in [0.15, 0.2) is 107 Å². The van der Waals surface area contributed by atoms with Crippen LogP contribution in [0.25, 0.3) is 23.8 Å². The van der Waals surface area contributed by atoms with E-state index in [1.54, 1.807) is 12.2 Å². The highest BCUT2D eigenvalue weighted by Gasteiger charge is 2.42. The van der Waals surface area contributed by atoms with E-state index in [4.69, 9.17) is 0 Å². The van der Waals surface area contributed by atoms with Crippen LogP contribution in [0.5, 0.6) is 11.5 Å². The fourth-order valence-electron chi connectivity index (χ4n) is 5.26. The van der Waals surface area contributed by atoms with Gasteiger partial charge in [0, 0.05) is 56.3 Å². The number of nitrogens with zero attached hydrogens (tertiary/aromatic N) is 2. The predicted octanol–water partition coefficient (Wildman–Crippen LogP) is 5.80. The van der Waals surface area contributed by atoms with Crippen molar-refractivity contribution >= 4 is 35.2 Å². The molecule has 5 rings (SSSR count). The summed E-state index contributed by atoms with van der Waals surface area (Å²) in [5.41, 5.74) is 4.67. The lowest BCUT2D eigenvalue weighted by Crippen LogP contribution is -2.31. The summed E-state index contributed by atoms with van der Waals surface area (Å²) in [5, 5.41) is 65.1. The van der Waals surface area contributed by atoms with Crippen molar-refractivity contribution < 1.29 is 30.6 Å². The first-order chi connectivity index (χ1) is 20.9. The molecule has 44 heavy (non-hydrogen) atoms. The first kappa shape index (κ1) is 30.3. The Kier molecular flexibility index (Phi) is 8.40. The van der Waals surface area contributed by atoms with Crippen molar-refractivity contribution in [1.82, 2.24) is 0 Å². The third-order valence-corrected chi connectivity index (χ3v) is 7.72. The van der Waals surface area contributed by atoms with Gasteiger partial charge in [0.2, 0.25) is 0 Å². The standard InChI is InChI=1S/C36H36N2O6/c1-37(2)25-13-9-21(10-14-25)5-7-23-17-27(39)31(28(40)18-23)33-35(43)34(36(33)44)32-29(41)19-24(20-30(32)42)8-6-22-11-15-26(16-12-22)38(3)4/h5-20,27,35,39-44H,1-4H3/b7-5+,8-6+,33-31+. The zero-order chi connectivity index (χ0) is 31.7. The highest BCUT2D eigenvalue weighted by molar-refractivity contribution is 5.91. The minimum atomic E-state index is -1.47. The molecule has 0 fully saturated rings. The minimum Gasteiger partial charge on any atom is -0.508 e. The van der Waals surface area contributed by atoms with E-state index in [0.29, 0.717) is 11.1 Å². The number of aromatic hydroxyl groups is 2. The summed E-state index contributed by atoms with van der Waals surface area (Å²) in [5.74, 6) is -1.43. The first-order valence-electron chi connectivity index (χ1n) is 14.1. The largest absolute Gasteiger partial charge is 0.508 e. The Morgan fingerprint density at radius 2 is 1.07 bits per heavy atom. The van der Waals surface area contributed by atoms with Gasteiger partial charge in [-0.1, -0.05) is 48.6 Å². The molecule has 0 radical (unpaired) electrons. The van der Waals surface area contributed by atoms with Crippen molar-refractivity contribution in [3.8, 4) is 11.5 Å². The number of rotatable bonds is 7. The minimum absolute atomic E-state index is 0.0509. The van der Waals surface area contributed by atoms with E-state index >= 15 is 0 Å². The van der Waals surface area contributed by atoms with Crippen LogP contribution >= 0.6 is 0 Å². The number of phenols is 2. The molecule has 0 aromatic heterocycles. The van der Waals surface area contributed by atoms with E-state index in [9.17, 15) is 30.6 Å². The van der Waals surface area contributed by atoms with Crippen molar-refractivity contribution in [3.63, 3.8) is 0 Å². The Morgan fingerprint density at radius 3 is 1.52 bits per heavy atom. The molecule has 0 amide bonds. The fraction of sp³-hybridized carbons (Fsp3) is 0.167. The quantitative estimate of drug-likeness (QED) is 0.190. The number of hydrogen-bond donors (Lipinski definition) is 6. The zero-order valence-corrected chi connectivity index (χ0v) is 25.0. The summed E-state index contributed by atoms with van der Waals surface area (Å²) in [7, 11) is 7.83. The average molecular weight is 593 g/mol. The van der Waals surface area contributed by atoms with Crippen LogP contribution < -0.4 is 9.80 Å². The van der Waals surface area contributed by atoms with Crippen LogP contribution in [-0.2, 0) is 0 Å². The van der Waals surface area contributed by atoms with Crippen molar-refractivity contribution in [3.05, 3.63) is 129 Å². The summed E-state index contributed by atoms with van der Waals surface area (Å²) in [6.45, 7) is 0. The van der Waals surface area contributed by atoms with Crippen LogP contribution in [0.2, 0.25) is 0 Å². The summed E-state index contributed by atoms with van der Waals surface area (Å²) in [6.07, 6.45) is 7.30. The number of hydrogen-bond acceptors (Lipinski definition) is 8. The summed E-state index contributed by atoms with van der Waals surface area (Å²) in [6, 6.07) is 18.6. The molecule has 2 atom stereocenters. The third kappa shape index (κ3) is 5.99. The Balaban J connectivity index is 1.37. The Morgan fingerprint density at radius 1 is 0.591 bits per heavy atom. The van der Waals surface area contributed by atoms with E-state index in [-0.39, 0.29) is 39.5 Å². The third-order valence-electron chi connectivity index (χ3n) is 7.72. The number of benzene rings is 3. The second-order valence-electron chi connectivity index (χ2n) is 11.2. The number of aliphatic hydroxyl groups is 4. The lowest BCUT2D eigenvalue weighted by atomic mass is 9.76. The van der Waals surface area contributed by atoms with E-state index in [1.165, 1.54) is 24.3 Å². The average Bonchev–Trinajstić information content (AvgIpc) is 2.98. The SMILES string of the molecule is CN(C)c1ccc(/C=C/C2=CC(O)/C(=C3\C(O)=C(c4c(O)cc(/C=C/c5ccc(N(C)C)cc5)cc4O)C3O)C(O)=C2)cc1. The topological polar surface area (TPSA) is 128 Å². The van der Waals surface area contributed by atoms with Crippen LogP contribution in [0.1, 0.15) is 22.3 Å². The molecule has 0 spiro atoms. The normalized spacial score (nSPS) is 20.1. The van der Waals surface area contributed by atoms with Gasteiger partial charge in [-0.3, -0.25) is 0 Å². The van der Waals surface area contributed by atoms with Gasteiger partial charge in [-0.25, -0.2) is 0 Å². The highest BCUT2D eigenvalue weighted by atomic mass is 16.3. The molecule has 0 saturated heterocycles. The smallest absolute Gasteiger partial charge is 0.129 e. The van der Waals surface area contributed by atoms with Gasteiger partial charge in [-0.05, 0) is 70.8 Å². The summed E-state index contributed by atoms with van der Waals surface area (Å²) in [4.78, 5) is 3.99. The lowest BCUT2D eigenvalue weighted by molar-refractivity contribution is 0.208. The Hall–Kier alpha value is -5.18. The van der Waals surface area contributed by atoms with E-state index in [1.807, 2.05) is 98.7 Å². The van der Waals surface area contributed by atoms with Gasteiger partial charge < -0.3 is 40.4 Å². The first-order valence-corrected chi connectivity index (χ1v) is 14.1. The second kappa shape index (κ2) is 12.2. The molecule has 0 bridgehead atoms. The van der Waals surface area contributed by atoms with Crippen molar-refractivity contribution in [2.75, 3.05) is 38.0 Å². The molecular weight excluding hydrogens is 556 g/mol. The maximum Gasteiger partial charge on any atom is 0.129 e.